The summed E-state index contributed by atoms with van der Waals surface area (Å²) in [6.07, 6.45) is 1.88. The third-order valence-corrected chi connectivity index (χ3v) is 3.22. The summed E-state index contributed by atoms with van der Waals surface area (Å²) in [5.41, 5.74) is 2.68. The van der Waals surface area contributed by atoms with Gasteiger partial charge < -0.3 is 5.32 Å². The molecule has 0 fully saturated rings. The number of carbonyl (C=O) groups is 1. The van der Waals surface area contributed by atoms with Gasteiger partial charge in [0.05, 0.1) is 12.2 Å². The van der Waals surface area contributed by atoms with Gasteiger partial charge in [0.1, 0.15) is 0 Å². The van der Waals surface area contributed by atoms with E-state index < -0.39 is 0 Å². The molecule has 0 bridgehead atoms. The van der Waals surface area contributed by atoms with Crippen molar-refractivity contribution < 1.29 is 4.79 Å². The molecule has 0 aromatic carbocycles. The maximum atomic E-state index is 12.1. The van der Waals surface area contributed by atoms with Gasteiger partial charge >= 0.3 is 0 Å². The molecule has 3 aromatic rings. The molecule has 1 N–H and O–H groups in total. The van der Waals surface area contributed by atoms with Crippen LogP contribution in [0.1, 0.15) is 27.7 Å². The number of nitrogens with zero attached hydrogens (tertiary/aromatic N) is 6. The van der Waals surface area contributed by atoms with Crippen LogP contribution in [0.5, 0.6) is 0 Å². The number of rotatable bonds is 4. The van der Waals surface area contributed by atoms with Gasteiger partial charge in [-0.3, -0.25) is 9.48 Å². The van der Waals surface area contributed by atoms with Gasteiger partial charge in [-0.05, 0) is 32.9 Å². The Kier molecular flexibility index (Phi) is 3.58. The van der Waals surface area contributed by atoms with E-state index in [1.807, 2.05) is 39.1 Å². The Morgan fingerprint density at radius 1 is 1.18 bits per heavy atom. The van der Waals surface area contributed by atoms with Crippen LogP contribution in [0.4, 0.5) is 0 Å². The van der Waals surface area contributed by atoms with Crippen molar-refractivity contribution in [2.45, 2.75) is 27.3 Å². The zero-order valence-corrected chi connectivity index (χ0v) is 12.7. The highest BCUT2D eigenvalue weighted by Crippen LogP contribution is 2.05. The van der Waals surface area contributed by atoms with Gasteiger partial charge in [0.15, 0.2) is 0 Å². The van der Waals surface area contributed by atoms with Gasteiger partial charge in [-0.25, -0.2) is 9.50 Å². The first-order valence-electron chi connectivity index (χ1n) is 7.02. The lowest BCUT2D eigenvalue weighted by molar-refractivity contribution is 0.0942. The molecule has 0 unspecified atom stereocenters. The van der Waals surface area contributed by atoms with E-state index in [1.165, 1.54) is 0 Å². The predicted octanol–water partition coefficient (Wildman–Crippen LogP) is 0.676. The Labute approximate surface area is 127 Å². The fourth-order valence-electron chi connectivity index (χ4n) is 2.21. The number of hydrogen-bond donors (Lipinski definition) is 1. The highest BCUT2D eigenvalue weighted by molar-refractivity contribution is 5.90. The van der Waals surface area contributed by atoms with Gasteiger partial charge in [-0.15, -0.1) is 5.10 Å². The van der Waals surface area contributed by atoms with E-state index in [9.17, 15) is 4.79 Å². The molecule has 8 nitrogen and oxygen atoms in total. The van der Waals surface area contributed by atoms with Crippen molar-refractivity contribution in [3.05, 3.63) is 41.2 Å². The van der Waals surface area contributed by atoms with Crippen molar-refractivity contribution >= 4 is 11.7 Å². The first kappa shape index (κ1) is 14.2. The Morgan fingerprint density at radius 2 is 2.00 bits per heavy atom. The van der Waals surface area contributed by atoms with Crippen LogP contribution in [0.3, 0.4) is 0 Å². The second kappa shape index (κ2) is 5.55. The number of hydrogen-bond acceptors (Lipinski definition) is 5. The minimum atomic E-state index is -0.313. The highest BCUT2D eigenvalue weighted by atomic mass is 16.2. The van der Waals surface area contributed by atoms with E-state index in [2.05, 4.69) is 25.5 Å². The lowest BCUT2D eigenvalue weighted by Gasteiger charge is -2.02. The number of aryl methyl sites for hydroxylation is 3. The molecule has 0 atom stereocenters. The summed E-state index contributed by atoms with van der Waals surface area (Å²) in [6.45, 7) is 6.77. The second-order valence-electron chi connectivity index (χ2n) is 5.16. The van der Waals surface area contributed by atoms with Crippen molar-refractivity contribution in [3.8, 4) is 0 Å². The van der Waals surface area contributed by atoms with Crippen LogP contribution < -0.4 is 5.32 Å². The van der Waals surface area contributed by atoms with Crippen LogP contribution >= 0.6 is 0 Å². The van der Waals surface area contributed by atoms with E-state index in [4.69, 9.17) is 0 Å². The van der Waals surface area contributed by atoms with Crippen molar-refractivity contribution in [3.63, 3.8) is 0 Å². The van der Waals surface area contributed by atoms with Crippen molar-refractivity contribution in [2.24, 2.45) is 0 Å². The zero-order valence-electron chi connectivity index (χ0n) is 12.7. The monoisotopic (exact) mass is 299 g/mol. The van der Waals surface area contributed by atoms with Crippen molar-refractivity contribution in [1.82, 2.24) is 34.7 Å². The van der Waals surface area contributed by atoms with E-state index in [1.54, 1.807) is 9.20 Å². The summed E-state index contributed by atoms with van der Waals surface area (Å²) in [7, 11) is 0. The Bertz CT molecular complexity index is 833. The maximum Gasteiger partial charge on any atom is 0.291 e. The van der Waals surface area contributed by atoms with E-state index >= 15 is 0 Å². The van der Waals surface area contributed by atoms with Crippen LogP contribution in [0.15, 0.2) is 18.3 Å². The van der Waals surface area contributed by atoms with Gasteiger partial charge in [0.25, 0.3) is 11.7 Å². The summed E-state index contributed by atoms with van der Waals surface area (Å²) < 4.78 is 3.35. The number of aromatic nitrogens is 6. The normalized spacial score (nSPS) is 11.0. The third kappa shape index (κ3) is 2.80. The first-order valence-corrected chi connectivity index (χ1v) is 7.02. The molecule has 0 aliphatic rings. The fourth-order valence-corrected chi connectivity index (χ4v) is 2.21. The lowest BCUT2D eigenvalue weighted by Crippen LogP contribution is -2.28. The van der Waals surface area contributed by atoms with E-state index in [0.717, 1.165) is 17.1 Å². The van der Waals surface area contributed by atoms with E-state index in [-0.39, 0.29) is 11.7 Å². The average Bonchev–Trinajstić information content (AvgIpc) is 3.05. The van der Waals surface area contributed by atoms with Gasteiger partial charge in [0.2, 0.25) is 5.82 Å². The Morgan fingerprint density at radius 3 is 2.73 bits per heavy atom. The minimum absolute atomic E-state index is 0.123. The molecule has 0 aliphatic carbocycles. The minimum Gasteiger partial charge on any atom is -0.347 e. The summed E-state index contributed by atoms with van der Waals surface area (Å²) in [4.78, 5) is 20.5. The van der Waals surface area contributed by atoms with Crippen LogP contribution in [0, 0.1) is 20.8 Å². The number of amides is 1. The molecule has 0 spiro atoms. The van der Waals surface area contributed by atoms with Crippen LogP contribution in [0.25, 0.3) is 5.78 Å². The standard InChI is InChI=1S/C14H17N7O/c1-9-4-6-20(18-9)7-5-15-13(22)12-17-14-16-10(2)8-11(3)21(14)19-12/h4,6,8H,5,7H2,1-3H3,(H,15,22). The molecule has 0 aliphatic heterocycles. The molecule has 3 rings (SSSR count). The SMILES string of the molecule is Cc1cc(C)n2nc(C(=O)NCCn3ccc(C)n3)nc2n1. The molecular formula is C14H17N7O. The molecule has 0 saturated carbocycles. The van der Waals surface area contributed by atoms with Gasteiger partial charge in [-0.2, -0.15) is 10.1 Å². The lowest BCUT2D eigenvalue weighted by atomic mass is 10.4. The van der Waals surface area contributed by atoms with Crippen LogP contribution in [0.2, 0.25) is 0 Å². The summed E-state index contributed by atoms with van der Waals surface area (Å²) in [5, 5.41) is 11.2. The fraction of sp³-hybridized carbons (Fsp3) is 0.357. The predicted molar refractivity (Wildman–Crippen MR) is 79.6 cm³/mol. The molecule has 8 heteroatoms. The van der Waals surface area contributed by atoms with Gasteiger partial charge in [-0.1, -0.05) is 0 Å². The van der Waals surface area contributed by atoms with Gasteiger partial charge in [0, 0.05) is 24.1 Å². The molecule has 22 heavy (non-hydrogen) atoms. The molecule has 114 valence electrons. The molecule has 1 amide bonds. The third-order valence-electron chi connectivity index (χ3n) is 3.22. The molecule has 3 heterocycles. The summed E-state index contributed by atoms with van der Waals surface area (Å²) >= 11 is 0. The number of nitrogens with one attached hydrogen (secondary N) is 1. The smallest absolute Gasteiger partial charge is 0.291 e. The van der Waals surface area contributed by atoms with Crippen molar-refractivity contribution in [2.75, 3.05) is 6.54 Å². The molecule has 3 aromatic heterocycles. The highest BCUT2D eigenvalue weighted by Gasteiger charge is 2.14. The Hall–Kier alpha value is -2.77. The second-order valence-corrected chi connectivity index (χ2v) is 5.16. The number of carbonyl (C=O) groups excluding carboxylic acids is 1. The topological polar surface area (TPSA) is 90.0 Å². The molecular weight excluding hydrogens is 282 g/mol. The summed E-state index contributed by atoms with van der Waals surface area (Å²) in [6, 6.07) is 3.81. The van der Waals surface area contributed by atoms with Crippen LogP contribution in [-0.2, 0) is 6.54 Å². The summed E-state index contributed by atoms with van der Waals surface area (Å²) in [5.74, 6) is 0.245. The van der Waals surface area contributed by atoms with Crippen molar-refractivity contribution in [1.29, 1.82) is 0 Å². The zero-order chi connectivity index (χ0) is 15.7. The van der Waals surface area contributed by atoms with E-state index in [0.29, 0.717) is 18.9 Å². The molecule has 0 saturated heterocycles. The Balaban J connectivity index is 1.68. The molecule has 0 radical (unpaired) electrons. The first-order chi connectivity index (χ1) is 10.5. The quantitative estimate of drug-likeness (QED) is 0.765. The number of fused-ring (bicyclic) bond motifs is 1. The maximum absolute atomic E-state index is 12.1. The van der Waals surface area contributed by atoms with Crippen LogP contribution in [-0.4, -0.2) is 41.8 Å². The largest absolute Gasteiger partial charge is 0.347 e. The average molecular weight is 299 g/mol.